The Morgan fingerprint density at radius 2 is 2.39 bits per heavy atom. The number of amides is 1. The van der Waals surface area contributed by atoms with E-state index in [0.717, 1.165) is 12.2 Å². The molecule has 1 atom stereocenters. The van der Waals surface area contributed by atoms with E-state index in [1.54, 1.807) is 12.4 Å². The summed E-state index contributed by atoms with van der Waals surface area (Å²) in [6.45, 7) is 5.62. The Bertz CT molecular complexity index is 388. The van der Waals surface area contributed by atoms with E-state index < -0.39 is 0 Å². The average Bonchev–Trinajstić information content (AvgIpc) is 2.34. The highest BCUT2D eigenvalue weighted by Gasteiger charge is 2.32. The molecule has 0 saturated carbocycles. The summed E-state index contributed by atoms with van der Waals surface area (Å²) in [5, 5.41) is 0. The molecule has 1 saturated heterocycles. The fourth-order valence-corrected chi connectivity index (χ4v) is 1.90. The van der Waals surface area contributed by atoms with Crippen molar-refractivity contribution in [2.45, 2.75) is 32.8 Å². The zero-order chi connectivity index (χ0) is 13.0. The van der Waals surface area contributed by atoms with E-state index in [0.29, 0.717) is 25.4 Å². The molecule has 1 aromatic rings. The molecule has 98 valence electrons. The van der Waals surface area contributed by atoms with Gasteiger partial charge in [-0.1, -0.05) is 20.3 Å². The summed E-state index contributed by atoms with van der Waals surface area (Å²) in [6.07, 6.45) is 5.24. The van der Waals surface area contributed by atoms with E-state index in [2.05, 4.69) is 18.8 Å². The Labute approximate surface area is 108 Å². The van der Waals surface area contributed by atoms with Gasteiger partial charge in [-0.15, -0.1) is 0 Å². The summed E-state index contributed by atoms with van der Waals surface area (Å²) in [6, 6.07) is 3.73. The minimum absolute atomic E-state index is 0.120. The van der Waals surface area contributed by atoms with Crippen LogP contribution >= 0.6 is 0 Å². The van der Waals surface area contributed by atoms with Crippen molar-refractivity contribution in [2.75, 3.05) is 13.1 Å². The minimum Gasteiger partial charge on any atom is -0.485 e. The van der Waals surface area contributed by atoms with E-state index >= 15 is 0 Å². The monoisotopic (exact) mass is 248 g/mol. The predicted octanol–water partition coefficient (Wildman–Crippen LogP) is 2.11. The van der Waals surface area contributed by atoms with Crippen LogP contribution < -0.4 is 4.74 Å². The van der Waals surface area contributed by atoms with Crippen molar-refractivity contribution in [3.05, 3.63) is 24.5 Å². The average molecular weight is 248 g/mol. The number of nitrogens with zero attached hydrogens (tertiary/aromatic N) is 2. The molecule has 1 amide bonds. The number of hydrogen-bond donors (Lipinski definition) is 0. The molecule has 0 bridgehead atoms. The molecule has 4 nitrogen and oxygen atoms in total. The van der Waals surface area contributed by atoms with Crippen molar-refractivity contribution in [3.63, 3.8) is 0 Å². The predicted molar refractivity (Wildman–Crippen MR) is 69.3 cm³/mol. The van der Waals surface area contributed by atoms with E-state index in [9.17, 15) is 4.79 Å². The Morgan fingerprint density at radius 1 is 1.61 bits per heavy atom. The summed E-state index contributed by atoms with van der Waals surface area (Å²) in [7, 11) is 0. The minimum atomic E-state index is 0.120. The maximum atomic E-state index is 11.9. The third-order valence-corrected chi connectivity index (χ3v) is 3.36. The lowest BCUT2D eigenvalue weighted by Crippen LogP contribution is -2.56. The highest BCUT2D eigenvalue weighted by atomic mass is 16.5. The van der Waals surface area contributed by atoms with Crippen LogP contribution in [0.1, 0.15) is 26.7 Å². The molecule has 0 spiro atoms. The molecule has 1 aliphatic rings. The SMILES string of the molecule is CCC(C)CC(=O)N1CC(Oc2cccnc2)C1. The Hall–Kier alpha value is -1.58. The van der Waals surface area contributed by atoms with E-state index in [4.69, 9.17) is 4.74 Å². The van der Waals surface area contributed by atoms with Crippen LogP contribution in [0.25, 0.3) is 0 Å². The Balaban J connectivity index is 1.72. The van der Waals surface area contributed by atoms with Crippen LogP contribution in [0.5, 0.6) is 5.75 Å². The van der Waals surface area contributed by atoms with Gasteiger partial charge >= 0.3 is 0 Å². The molecular weight excluding hydrogens is 228 g/mol. The molecule has 0 N–H and O–H groups in total. The fourth-order valence-electron chi connectivity index (χ4n) is 1.90. The first-order valence-electron chi connectivity index (χ1n) is 6.53. The maximum Gasteiger partial charge on any atom is 0.223 e. The molecule has 1 aliphatic heterocycles. The van der Waals surface area contributed by atoms with E-state index in [-0.39, 0.29) is 12.0 Å². The molecule has 2 rings (SSSR count). The second-order valence-electron chi connectivity index (χ2n) is 4.94. The van der Waals surface area contributed by atoms with Gasteiger partial charge in [0.1, 0.15) is 11.9 Å². The summed E-state index contributed by atoms with van der Waals surface area (Å²) in [5.74, 6) is 1.49. The van der Waals surface area contributed by atoms with Crippen LogP contribution in [0.3, 0.4) is 0 Å². The third kappa shape index (κ3) is 3.22. The van der Waals surface area contributed by atoms with Crippen LogP contribution in [0.15, 0.2) is 24.5 Å². The number of pyridine rings is 1. The first-order chi connectivity index (χ1) is 8.69. The summed E-state index contributed by atoms with van der Waals surface area (Å²) < 4.78 is 5.71. The second-order valence-corrected chi connectivity index (χ2v) is 4.94. The number of carbonyl (C=O) groups is 1. The number of ether oxygens (including phenoxy) is 1. The molecule has 0 aliphatic carbocycles. The van der Waals surface area contributed by atoms with Crippen LogP contribution in [-0.4, -0.2) is 35.0 Å². The van der Waals surface area contributed by atoms with Crippen LogP contribution in [0.4, 0.5) is 0 Å². The summed E-state index contributed by atoms with van der Waals surface area (Å²) in [4.78, 5) is 17.7. The summed E-state index contributed by atoms with van der Waals surface area (Å²) >= 11 is 0. The van der Waals surface area contributed by atoms with Gasteiger partial charge in [0.15, 0.2) is 0 Å². The van der Waals surface area contributed by atoms with Gasteiger partial charge in [-0.25, -0.2) is 0 Å². The molecule has 1 aromatic heterocycles. The van der Waals surface area contributed by atoms with Crippen molar-refractivity contribution in [2.24, 2.45) is 5.92 Å². The number of aromatic nitrogens is 1. The van der Waals surface area contributed by atoms with Gasteiger partial charge < -0.3 is 9.64 Å². The van der Waals surface area contributed by atoms with E-state index in [1.165, 1.54) is 0 Å². The Kier molecular flexibility index (Phi) is 4.18. The third-order valence-electron chi connectivity index (χ3n) is 3.36. The number of hydrogen-bond acceptors (Lipinski definition) is 3. The van der Waals surface area contributed by atoms with Crippen LogP contribution in [0, 0.1) is 5.92 Å². The van der Waals surface area contributed by atoms with E-state index in [1.807, 2.05) is 17.0 Å². The van der Waals surface area contributed by atoms with Crippen molar-refractivity contribution in [3.8, 4) is 5.75 Å². The fraction of sp³-hybridized carbons (Fsp3) is 0.571. The lowest BCUT2D eigenvalue weighted by atomic mass is 10.0. The maximum absolute atomic E-state index is 11.9. The van der Waals surface area contributed by atoms with Crippen molar-refractivity contribution in [1.82, 2.24) is 9.88 Å². The highest BCUT2D eigenvalue weighted by molar-refractivity contribution is 5.77. The quantitative estimate of drug-likeness (QED) is 0.801. The molecule has 18 heavy (non-hydrogen) atoms. The van der Waals surface area contributed by atoms with Gasteiger partial charge in [0, 0.05) is 12.6 Å². The van der Waals surface area contributed by atoms with Crippen molar-refractivity contribution >= 4 is 5.91 Å². The lowest BCUT2D eigenvalue weighted by molar-refractivity contribution is -0.140. The first kappa shape index (κ1) is 12.9. The van der Waals surface area contributed by atoms with Gasteiger partial charge in [0.25, 0.3) is 0 Å². The normalized spacial score (nSPS) is 17.1. The van der Waals surface area contributed by atoms with Gasteiger partial charge in [0.2, 0.25) is 5.91 Å². The highest BCUT2D eigenvalue weighted by Crippen LogP contribution is 2.19. The van der Waals surface area contributed by atoms with Gasteiger partial charge in [-0.3, -0.25) is 9.78 Å². The first-order valence-corrected chi connectivity index (χ1v) is 6.53. The number of likely N-dealkylation sites (tertiary alicyclic amines) is 1. The second kappa shape index (κ2) is 5.85. The van der Waals surface area contributed by atoms with Crippen LogP contribution in [0.2, 0.25) is 0 Å². The Morgan fingerprint density at radius 3 is 3.00 bits per heavy atom. The van der Waals surface area contributed by atoms with Crippen molar-refractivity contribution in [1.29, 1.82) is 0 Å². The molecule has 0 radical (unpaired) electrons. The van der Waals surface area contributed by atoms with Crippen LogP contribution in [-0.2, 0) is 4.79 Å². The van der Waals surface area contributed by atoms with Gasteiger partial charge in [0.05, 0.1) is 19.3 Å². The van der Waals surface area contributed by atoms with Crippen molar-refractivity contribution < 1.29 is 9.53 Å². The molecule has 1 unspecified atom stereocenters. The zero-order valence-electron chi connectivity index (χ0n) is 11.0. The molecule has 4 heteroatoms. The number of rotatable bonds is 5. The molecule has 2 heterocycles. The standard InChI is InChI=1S/C14H20N2O2/c1-3-11(2)7-14(17)16-9-13(10-16)18-12-5-4-6-15-8-12/h4-6,8,11,13H,3,7,9-10H2,1-2H3. The molecule has 1 fully saturated rings. The lowest BCUT2D eigenvalue weighted by Gasteiger charge is -2.39. The molecule has 0 aromatic carbocycles. The summed E-state index contributed by atoms with van der Waals surface area (Å²) in [5.41, 5.74) is 0. The smallest absolute Gasteiger partial charge is 0.223 e. The van der Waals surface area contributed by atoms with Gasteiger partial charge in [-0.2, -0.15) is 0 Å². The molecular formula is C14H20N2O2. The number of carbonyl (C=O) groups excluding carboxylic acids is 1. The largest absolute Gasteiger partial charge is 0.485 e. The topological polar surface area (TPSA) is 42.4 Å². The van der Waals surface area contributed by atoms with Gasteiger partial charge in [-0.05, 0) is 18.1 Å². The zero-order valence-corrected chi connectivity index (χ0v) is 11.0.